The highest BCUT2D eigenvalue weighted by Crippen LogP contribution is 2.45. The minimum absolute atomic E-state index is 0.0558. The number of rotatable bonds is 9. The fourth-order valence-corrected chi connectivity index (χ4v) is 4.50. The van der Waals surface area contributed by atoms with Gasteiger partial charge in [0.05, 0.1) is 46.9 Å². The topological polar surface area (TPSA) is 81.6 Å². The zero-order valence-electron chi connectivity index (χ0n) is 21.2. The molecule has 0 unspecified atom stereocenters. The number of nitrogens with zero attached hydrogens (tertiary/aromatic N) is 1. The predicted molar refractivity (Wildman–Crippen MR) is 153 cm³/mol. The van der Waals surface area contributed by atoms with Gasteiger partial charge in [-0.1, -0.05) is 48.5 Å². The van der Waals surface area contributed by atoms with Crippen LogP contribution in [0.4, 0.5) is 15.8 Å². The first-order valence-corrected chi connectivity index (χ1v) is 12.0. The molecule has 3 rings (SSSR count). The molecule has 7 nitrogen and oxygen atoms in total. The summed E-state index contributed by atoms with van der Waals surface area (Å²) in [4.78, 5) is 25.3. The molecule has 2 aromatic carbocycles. The highest BCUT2D eigenvalue weighted by atomic mass is 35.5. The van der Waals surface area contributed by atoms with E-state index in [2.05, 4.69) is 23.8 Å². The van der Waals surface area contributed by atoms with Crippen LogP contribution in [0.1, 0.15) is 18.2 Å². The highest BCUT2D eigenvalue weighted by molar-refractivity contribution is 6.41. The second kappa shape index (κ2) is 12.0. The summed E-state index contributed by atoms with van der Waals surface area (Å²) in [6, 6.07) is 7.43. The minimum atomic E-state index is -0.580. The van der Waals surface area contributed by atoms with E-state index in [0.717, 1.165) is 6.08 Å². The molecule has 0 radical (unpaired) electrons. The van der Waals surface area contributed by atoms with Crippen molar-refractivity contribution in [2.24, 2.45) is 7.05 Å². The van der Waals surface area contributed by atoms with Crippen LogP contribution in [-0.2, 0) is 11.8 Å². The summed E-state index contributed by atoms with van der Waals surface area (Å²) < 4.78 is 26.7. The first kappa shape index (κ1) is 28.6. The maximum atomic E-state index is 14.6. The number of amides is 1. The van der Waals surface area contributed by atoms with E-state index < -0.39 is 17.3 Å². The first-order chi connectivity index (χ1) is 18.1. The van der Waals surface area contributed by atoms with E-state index in [0.29, 0.717) is 28.5 Å². The van der Waals surface area contributed by atoms with E-state index in [1.54, 1.807) is 38.3 Å². The quantitative estimate of drug-likeness (QED) is 0.284. The van der Waals surface area contributed by atoms with Crippen LogP contribution in [0.2, 0.25) is 10.0 Å². The van der Waals surface area contributed by atoms with E-state index in [1.807, 2.05) is 0 Å². The standard InChI is InChI=1S/C28H26Cl2FN3O4/c1-7-16-13-17(24-25(29)21(37-5)14-22(38-6)26(24)30)28(36)34(4)20(16)12-15(3)32-27-18(31)10-9-11-19(27)33-23(35)8-2/h7-14,32H,1-2H2,3-6H3,(H,33,35)/b15-12+. The predicted octanol–water partition coefficient (Wildman–Crippen LogP) is 6.76. The van der Waals surface area contributed by atoms with Gasteiger partial charge in [0.2, 0.25) is 5.91 Å². The molecule has 0 saturated heterocycles. The van der Waals surface area contributed by atoms with Crippen molar-refractivity contribution in [1.82, 2.24) is 4.57 Å². The van der Waals surface area contributed by atoms with Gasteiger partial charge in [0, 0.05) is 24.4 Å². The number of methoxy groups -OCH3 is 2. The molecule has 0 saturated carbocycles. The van der Waals surface area contributed by atoms with Crippen LogP contribution in [0.3, 0.4) is 0 Å². The van der Waals surface area contributed by atoms with Gasteiger partial charge in [-0.15, -0.1) is 0 Å². The van der Waals surface area contributed by atoms with Crippen molar-refractivity contribution in [2.45, 2.75) is 6.92 Å². The molecule has 0 fully saturated rings. The van der Waals surface area contributed by atoms with Crippen LogP contribution in [0.15, 0.2) is 60.1 Å². The molecule has 10 heteroatoms. The van der Waals surface area contributed by atoms with Gasteiger partial charge < -0.3 is 24.7 Å². The third-order valence-corrected chi connectivity index (χ3v) is 6.44. The number of carbonyl (C=O) groups is 1. The van der Waals surface area contributed by atoms with Crippen molar-refractivity contribution in [3.05, 3.63) is 92.7 Å². The Hall–Kier alpha value is -4.01. The second-order valence-electron chi connectivity index (χ2n) is 8.06. The molecule has 0 aliphatic rings. The zero-order chi connectivity index (χ0) is 28.1. The summed E-state index contributed by atoms with van der Waals surface area (Å²) >= 11 is 13.1. The van der Waals surface area contributed by atoms with Crippen LogP contribution in [0.5, 0.6) is 11.5 Å². The van der Waals surface area contributed by atoms with Crippen LogP contribution < -0.4 is 25.7 Å². The van der Waals surface area contributed by atoms with Crippen molar-refractivity contribution >= 4 is 52.6 Å². The van der Waals surface area contributed by atoms with Gasteiger partial charge in [-0.05, 0) is 42.8 Å². The number of allylic oxidation sites excluding steroid dienone is 1. The van der Waals surface area contributed by atoms with Crippen LogP contribution in [-0.4, -0.2) is 24.7 Å². The van der Waals surface area contributed by atoms with Gasteiger partial charge in [0.25, 0.3) is 5.56 Å². The van der Waals surface area contributed by atoms with Crippen molar-refractivity contribution in [2.75, 3.05) is 24.9 Å². The third kappa shape index (κ3) is 5.61. The number of hydrogen-bond acceptors (Lipinski definition) is 5. The lowest BCUT2D eigenvalue weighted by Crippen LogP contribution is -2.22. The number of carbonyl (C=O) groups excluding carboxylic acids is 1. The molecule has 1 heterocycles. The lowest BCUT2D eigenvalue weighted by atomic mass is 10.0. The summed E-state index contributed by atoms with van der Waals surface area (Å²) in [5.41, 5.74) is 1.88. The molecular weight excluding hydrogens is 532 g/mol. The molecular formula is C28H26Cl2FN3O4. The van der Waals surface area contributed by atoms with E-state index in [-0.39, 0.29) is 32.5 Å². The molecule has 3 aromatic rings. The smallest absolute Gasteiger partial charge is 0.258 e. The number of nitrogens with one attached hydrogen (secondary N) is 2. The summed E-state index contributed by atoms with van der Waals surface area (Å²) in [5.74, 6) is -0.487. The highest BCUT2D eigenvalue weighted by Gasteiger charge is 2.23. The van der Waals surface area contributed by atoms with Gasteiger partial charge in [0.1, 0.15) is 17.3 Å². The number of ether oxygens (including phenoxy) is 2. The molecule has 0 atom stereocenters. The number of pyridine rings is 1. The van der Waals surface area contributed by atoms with Gasteiger partial charge in [-0.3, -0.25) is 9.59 Å². The third-order valence-electron chi connectivity index (χ3n) is 5.69. The lowest BCUT2D eigenvalue weighted by molar-refractivity contribution is -0.111. The van der Waals surface area contributed by atoms with E-state index in [4.69, 9.17) is 32.7 Å². The van der Waals surface area contributed by atoms with Crippen LogP contribution >= 0.6 is 23.2 Å². The molecule has 2 N–H and O–H groups in total. The molecule has 0 aliphatic heterocycles. The van der Waals surface area contributed by atoms with Gasteiger partial charge in [0.15, 0.2) is 0 Å². The van der Waals surface area contributed by atoms with E-state index in [9.17, 15) is 14.0 Å². The molecule has 198 valence electrons. The SMILES string of the molecule is C=CC(=O)Nc1cccc(F)c1N/C(C)=C/c1c(C=C)cc(-c2c(Cl)c(OC)cc(OC)c2Cl)c(=O)n1C. The minimum Gasteiger partial charge on any atom is -0.495 e. The summed E-state index contributed by atoms with van der Waals surface area (Å²) in [5, 5.41) is 5.83. The van der Waals surface area contributed by atoms with E-state index in [1.165, 1.54) is 37.0 Å². The Morgan fingerprint density at radius 3 is 2.26 bits per heavy atom. The second-order valence-corrected chi connectivity index (χ2v) is 8.81. The Morgan fingerprint density at radius 1 is 1.08 bits per heavy atom. The Balaban J connectivity index is 2.15. The van der Waals surface area contributed by atoms with E-state index >= 15 is 0 Å². The maximum absolute atomic E-state index is 14.6. The Labute approximate surface area is 229 Å². The van der Waals surface area contributed by atoms with Gasteiger partial charge in [-0.2, -0.15) is 0 Å². The maximum Gasteiger partial charge on any atom is 0.258 e. The van der Waals surface area contributed by atoms with Crippen molar-refractivity contribution in [3.63, 3.8) is 0 Å². The number of benzene rings is 2. The number of halogens is 3. The Bertz CT molecular complexity index is 1500. The monoisotopic (exact) mass is 557 g/mol. The summed E-state index contributed by atoms with van der Waals surface area (Å²) in [6.07, 6.45) is 4.31. The first-order valence-electron chi connectivity index (χ1n) is 11.2. The normalized spacial score (nSPS) is 11.1. The molecule has 38 heavy (non-hydrogen) atoms. The Kier molecular flexibility index (Phi) is 9.04. The average molecular weight is 558 g/mol. The largest absolute Gasteiger partial charge is 0.495 e. The average Bonchev–Trinajstić information content (AvgIpc) is 2.90. The molecule has 0 spiro atoms. The van der Waals surface area contributed by atoms with Crippen LogP contribution in [0.25, 0.3) is 23.3 Å². The number of aromatic nitrogens is 1. The van der Waals surface area contributed by atoms with Gasteiger partial charge >= 0.3 is 0 Å². The summed E-state index contributed by atoms with van der Waals surface area (Å²) in [6.45, 7) is 8.98. The zero-order valence-corrected chi connectivity index (χ0v) is 22.8. The molecule has 0 aliphatic carbocycles. The van der Waals surface area contributed by atoms with Crippen molar-refractivity contribution < 1.29 is 18.7 Å². The fraction of sp³-hybridized carbons (Fsp3) is 0.143. The number of anilines is 2. The number of para-hydroxylation sites is 1. The molecule has 1 aromatic heterocycles. The van der Waals surface area contributed by atoms with Crippen molar-refractivity contribution in [3.8, 4) is 22.6 Å². The summed E-state index contributed by atoms with van der Waals surface area (Å²) in [7, 11) is 4.47. The van der Waals surface area contributed by atoms with Gasteiger partial charge in [-0.25, -0.2) is 4.39 Å². The number of hydrogen-bond donors (Lipinski definition) is 2. The van der Waals surface area contributed by atoms with Crippen molar-refractivity contribution in [1.29, 1.82) is 0 Å². The molecule has 1 amide bonds. The van der Waals surface area contributed by atoms with Crippen LogP contribution in [0, 0.1) is 5.82 Å². The molecule has 0 bridgehead atoms. The lowest BCUT2D eigenvalue weighted by Gasteiger charge is -2.18. The Morgan fingerprint density at radius 2 is 1.71 bits per heavy atom. The fourth-order valence-electron chi connectivity index (χ4n) is 3.80.